The summed E-state index contributed by atoms with van der Waals surface area (Å²) in [5.41, 5.74) is 6.96. The lowest BCUT2D eigenvalue weighted by molar-refractivity contribution is 0.588. The molecule has 0 fully saturated rings. The lowest BCUT2D eigenvalue weighted by Crippen LogP contribution is -2.22. The summed E-state index contributed by atoms with van der Waals surface area (Å²) in [4.78, 5) is 4.66. The summed E-state index contributed by atoms with van der Waals surface area (Å²) >= 11 is 0. The largest absolute Gasteiger partial charge is 0.233 e. The third kappa shape index (κ3) is 4.02. The first-order valence-corrected chi connectivity index (χ1v) is 9.77. The van der Waals surface area contributed by atoms with Crippen LogP contribution >= 0.6 is 8.20 Å². The molecule has 3 aromatic rings. The third-order valence-electron chi connectivity index (χ3n) is 4.18. The normalized spacial score (nSPS) is 11.8. The van der Waals surface area contributed by atoms with Crippen LogP contribution in [0.5, 0.6) is 0 Å². The summed E-state index contributed by atoms with van der Waals surface area (Å²) in [6, 6.07) is 32.0. The molecule has 0 heterocycles. The van der Waals surface area contributed by atoms with Gasteiger partial charge in [-0.2, -0.15) is 0 Å². The molecule has 0 saturated carbocycles. The molecule has 0 amide bonds. The molecule has 0 N–H and O–H groups in total. The van der Waals surface area contributed by atoms with Gasteiger partial charge < -0.3 is 0 Å². The molecule has 130 valence electrons. The molecule has 1 nitrogen and oxygen atoms in total. The highest BCUT2D eigenvalue weighted by Crippen LogP contribution is 2.47. The van der Waals surface area contributed by atoms with Gasteiger partial charge in [-0.3, -0.25) is 0 Å². The summed E-state index contributed by atoms with van der Waals surface area (Å²) in [5, 5.41) is -0.335. The van der Waals surface area contributed by atoms with E-state index in [1.807, 2.05) is 0 Å². The zero-order valence-electron chi connectivity index (χ0n) is 15.6. The van der Waals surface area contributed by atoms with E-state index in [0.717, 1.165) is 8.20 Å². The van der Waals surface area contributed by atoms with Crippen molar-refractivity contribution in [3.63, 3.8) is 0 Å². The number of hydrogen-bond acceptors (Lipinski definition) is 1. The van der Waals surface area contributed by atoms with Crippen molar-refractivity contribution < 1.29 is 0 Å². The van der Waals surface area contributed by atoms with Crippen LogP contribution < -0.4 is 0 Å². The van der Waals surface area contributed by atoms with E-state index >= 15 is 0 Å². The van der Waals surface area contributed by atoms with Gasteiger partial charge >= 0.3 is 0 Å². The molecule has 0 spiro atoms. The first-order chi connectivity index (χ1) is 12.5. The Bertz CT molecular complexity index is 791. The van der Waals surface area contributed by atoms with Crippen LogP contribution in [0.15, 0.2) is 96.0 Å². The molecular formula is C24H24NP. The Labute approximate surface area is 158 Å². The van der Waals surface area contributed by atoms with E-state index in [1.165, 1.54) is 16.7 Å². The van der Waals surface area contributed by atoms with Crippen LogP contribution in [-0.4, -0.2) is 11.1 Å². The van der Waals surface area contributed by atoms with Gasteiger partial charge in [-0.05, 0) is 45.7 Å². The van der Waals surface area contributed by atoms with Crippen molar-refractivity contribution in [2.45, 2.75) is 31.5 Å². The average molecular weight is 357 g/mol. The van der Waals surface area contributed by atoms with Crippen LogP contribution in [0.25, 0.3) is 0 Å². The number of rotatable bonds is 4. The van der Waals surface area contributed by atoms with Gasteiger partial charge in [0.15, 0.2) is 0 Å². The van der Waals surface area contributed by atoms with Gasteiger partial charge in [0.25, 0.3) is 0 Å². The van der Waals surface area contributed by atoms with Crippen molar-refractivity contribution in [1.82, 2.24) is 0 Å². The van der Waals surface area contributed by atoms with Gasteiger partial charge in [-0.1, -0.05) is 91.0 Å². The fourth-order valence-corrected chi connectivity index (χ4v) is 4.32. The molecule has 0 atom stereocenters. The first-order valence-electron chi connectivity index (χ1n) is 8.88. The van der Waals surface area contributed by atoms with Gasteiger partial charge in [-0.15, -0.1) is 0 Å². The molecule has 0 aliphatic rings. The maximum absolute atomic E-state index is 4.66. The predicted molar refractivity (Wildman–Crippen MR) is 113 cm³/mol. The summed E-state index contributed by atoms with van der Waals surface area (Å²) < 4.78 is 0. The molecule has 26 heavy (non-hydrogen) atoms. The average Bonchev–Trinajstić information content (AvgIpc) is 2.67. The number of nitrogens with zero attached hydrogens (tertiary/aromatic N) is 1. The quantitative estimate of drug-likeness (QED) is 0.282. The Morgan fingerprint density at radius 1 is 0.615 bits per heavy atom. The first kappa shape index (κ1) is 18.3. The van der Waals surface area contributed by atoms with Crippen molar-refractivity contribution in [1.29, 1.82) is 0 Å². The van der Waals surface area contributed by atoms with Gasteiger partial charge in [0.2, 0.25) is 0 Å². The van der Waals surface area contributed by atoms with E-state index in [4.69, 9.17) is 0 Å². The molecule has 0 radical (unpaired) electrons. The third-order valence-corrected chi connectivity index (χ3v) is 5.49. The fraction of sp³-hybridized carbons (Fsp3) is 0.208. The Kier molecular flexibility index (Phi) is 5.52. The highest BCUT2D eigenvalue weighted by Gasteiger charge is 2.34. The van der Waals surface area contributed by atoms with E-state index in [-0.39, 0.29) is 10.7 Å². The number of hydrogen-bond donors (Lipinski definition) is 0. The standard InChI is InChI=1S/C24H24NP/c1-23(2,3)25-19-26-24(20-13-7-4-8-14-20,21-15-9-5-10-16-21)22-17-11-6-12-18-22/h4-18H,1-3H3. The Hall–Kier alpha value is -2.46. The van der Waals surface area contributed by atoms with Crippen molar-refractivity contribution in [2.75, 3.05) is 0 Å². The summed E-state index contributed by atoms with van der Waals surface area (Å²) in [5.74, 6) is 0. The maximum Gasteiger partial charge on any atom is 0.0958 e. The van der Waals surface area contributed by atoms with E-state index in [2.05, 4.69) is 122 Å². The molecule has 2 heteroatoms. The second-order valence-corrected chi connectivity index (χ2v) is 8.40. The Morgan fingerprint density at radius 3 is 1.27 bits per heavy atom. The van der Waals surface area contributed by atoms with Crippen molar-refractivity contribution in [3.8, 4) is 0 Å². The summed E-state index contributed by atoms with van der Waals surface area (Å²) in [7, 11) is 1.01. The smallest absolute Gasteiger partial charge is 0.0958 e. The van der Waals surface area contributed by atoms with E-state index in [0.29, 0.717) is 0 Å². The molecule has 0 aromatic heterocycles. The predicted octanol–water partition coefficient (Wildman–Crippen LogP) is 6.63. The number of benzene rings is 3. The lowest BCUT2D eigenvalue weighted by Gasteiger charge is -2.31. The topological polar surface area (TPSA) is 12.4 Å². The molecule has 0 aliphatic carbocycles. The van der Waals surface area contributed by atoms with Crippen LogP contribution in [-0.2, 0) is 5.16 Å². The van der Waals surface area contributed by atoms with Gasteiger partial charge in [-0.25, -0.2) is 4.99 Å². The van der Waals surface area contributed by atoms with Crippen LogP contribution in [0.4, 0.5) is 0 Å². The van der Waals surface area contributed by atoms with Crippen molar-refractivity contribution >= 4 is 13.8 Å². The Balaban J connectivity index is 2.34. The van der Waals surface area contributed by atoms with Crippen molar-refractivity contribution in [2.24, 2.45) is 4.99 Å². The molecule has 0 aliphatic heterocycles. The SMILES string of the molecule is CC(C)(C)N=C=PC(c1ccccc1)(c1ccccc1)c1ccccc1. The van der Waals surface area contributed by atoms with E-state index in [9.17, 15) is 0 Å². The van der Waals surface area contributed by atoms with Crippen LogP contribution in [0.3, 0.4) is 0 Å². The molecule has 0 bridgehead atoms. The second kappa shape index (κ2) is 7.83. The van der Waals surface area contributed by atoms with Gasteiger partial charge in [0, 0.05) is 5.59 Å². The zero-order chi connectivity index (χ0) is 18.5. The van der Waals surface area contributed by atoms with Crippen LogP contribution in [0.2, 0.25) is 0 Å². The fourth-order valence-electron chi connectivity index (χ4n) is 2.98. The van der Waals surface area contributed by atoms with E-state index < -0.39 is 0 Å². The maximum atomic E-state index is 4.66. The molecule has 3 aromatic carbocycles. The summed E-state index contributed by atoms with van der Waals surface area (Å²) in [6.07, 6.45) is 0. The molecular weight excluding hydrogens is 333 g/mol. The zero-order valence-corrected chi connectivity index (χ0v) is 16.4. The van der Waals surface area contributed by atoms with Crippen LogP contribution in [0.1, 0.15) is 37.5 Å². The highest BCUT2D eigenvalue weighted by atomic mass is 31.1. The monoisotopic (exact) mass is 357 g/mol. The minimum Gasteiger partial charge on any atom is -0.233 e. The Morgan fingerprint density at radius 2 is 0.962 bits per heavy atom. The summed E-state index contributed by atoms with van der Waals surface area (Å²) in [6.45, 7) is 6.31. The van der Waals surface area contributed by atoms with Gasteiger partial charge in [0.05, 0.1) is 10.7 Å². The minimum absolute atomic E-state index is 0.136. The van der Waals surface area contributed by atoms with Crippen molar-refractivity contribution in [3.05, 3.63) is 108 Å². The van der Waals surface area contributed by atoms with E-state index in [1.54, 1.807) is 0 Å². The second-order valence-electron chi connectivity index (χ2n) is 7.30. The highest BCUT2D eigenvalue weighted by molar-refractivity contribution is 7.39. The lowest BCUT2D eigenvalue weighted by atomic mass is 9.84. The van der Waals surface area contributed by atoms with Gasteiger partial charge in [0.1, 0.15) is 0 Å². The van der Waals surface area contributed by atoms with Crippen LogP contribution in [0, 0.1) is 0 Å². The number of aliphatic imine (C=N–C) groups is 1. The molecule has 0 saturated heterocycles. The molecule has 3 rings (SSSR count). The molecule has 0 unspecified atom stereocenters. The minimum atomic E-state index is -0.335.